The Kier molecular flexibility index (Phi) is 3.34. The summed E-state index contributed by atoms with van der Waals surface area (Å²) < 4.78 is 5.73. The Morgan fingerprint density at radius 3 is 2.94 bits per heavy atom. The molecule has 0 radical (unpaired) electrons. The van der Waals surface area contributed by atoms with Crippen LogP contribution in [-0.4, -0.2) is 10.8 Å². The lowest BCUT2D eigenvalue weighted by atomic mass is 10.1. The van der Waals surface area contributed by atoms with Crippen LogP contribution in [0.25, 0.3) is 0 Å². The molecule has 0 aliphatic heterocycles. The number of hydrogen-bond donors (Lipinski definition) is 0. The molecule has 16 heavy (non-hydrogen) atoms. The summed E-state index contributed by atoms with van der Waals surface area (Å²) in [7, 11) is 0. The number of hydrogen-bond acceptors (Lipinski definition) is 3. The molecule has 0 bridgehead atoms. The Morgan fingerprint density at radius 2 is 2.25 bits per heavy atom. The van der Waals surface area contributed by atoms with Crippen molar-refractivity contribution in [3.8, 4) is 0 Å². The summed E-state index contributed by atoms with van der Waals surface area (Å²) in [5.41, 5.74) is 0.890. The lowest BCUT2D eigenvalue weighted by molar-refractivity contribution is -0.115. The van der Waals surface area contributed by atoms with Gasteiger partial charge < -0.3 is 4.74 Å². The number of allylic oxidation sites excluding steroid dienone is 2. The van der Waals surface area contributed by atoms with E-state index < -0.39 is 0 Å². The van der Waals surface area contributed by atoms with Gasteiger partial charge in [0.05, 0.1) is 5.69 Å². The molecule has 0 unspecified atom stereocenters. The van der Waals surface area contributed by atoms with Crippen molar-refractivity contribution >= 4 is 5.78 Å². The average molecular weight is 217 g/mol. The second-order valence-corrected chi connectivity index (χ2v) is 3.95. The molecule has 0 saturated carbocycles. The van der Waals surface area contributed by atoms with Crippen LogP contribution in [0.3, 0.4) is 0 Å². The molecular formula is C13H15NO2. The van der Waals surface area contributed by atoms with Crippen LogP contribution in [0, 0.1) is 0 Å². The number of ether oxygens (including phenoxy) is 1. The fourth-order valence-electron chi connectivity index (χ4n) is 1.76. The highest BCUT2D eigenvalue weighted by molar-refractivity contribution is 5.90. The molecule has 3 nitrogen and oxygen atoms in total. The zero-order valence-electron chi connectivity index (χ0n) is 9.35. The van der Waals surface area contributed by atoms with Crippen LogP contribution in [0.4, 0.5) is 0 Å². The maximum absolute atomic E-state index is 11.2. The number of ketones is 1. The second kappa shape index (κ2) is 4.92. The number of nitrogens with zero attached hydrogens (tertiary/aromatic N) is 1. The van der Waals surface area contributed by atoms with E-state index in [1.54, 1.807) is 12.3 Å². The molecule has 1 aliphatic carbocycles. The summed E-state index contributed by atoms with van der Waals surface area (Å²) in [6.45, 7) is 1.95. The fraction of sp³-hybridized carbons (Fsp3) is 0.385. The summed E-state index contributed by atoms with van der Waals surface area (Å²) in [4.78, 5) is 15.4. The number of pyridine rings is 1. The monoisotopic (exact) mass is 217 g/mol. The number of rotatable bonds is 3. The van der Waals surface area contributed by atoms with Gasteiger partial charge >= 0.3 is 0 Å². The van der Waals surface area contributed by atoms with Crippen molar-refractivity contribution in [3.05, 3.63) is 41.9 Å². The maximum Gasteiger partial charge on any atom is 0.159 e. The Labute approximate surface area is 95.2 Å². The highest BCUT2D eigenvalue weighted by Crippen LogP contribution is 2.23. The standard InChI is InChI=1S/C13H15NO2/c1-10(13-7-2-3-8-14-13)16-12-6-4-5-11(15)9-12/h2-3,7-10H,4-6H2,1H3/t10-/m0/s1. The molecule has 0 aromatic carbocycles. The van der Waals surface area contributed by atoms with Crippen LogP contribution in [0.15, 0.2) is 36.2 Å². The summed E-state index contributed by atoms with van der Waals surface area (Å²) in [6, 6.07) is 5.73. The van der Waals surface area contributed by atoms with Crippen molar-refractivity contribution in [3.63, 3.8) is 0 Å². The largest absolute Gasteiger partial charge is 0.489 e. The SMILES string of the molecule is C[C@H](OC1=CC(=O)CCC1)c1ccccn1. The van der Waals surface area contributed by atoms with Gasteiger partial charge in [-0.1, -0.05) is 6.07 Å². The van der Waals surface area contributed by atoms with Gasteiger partial charge in [-0.15, -0.1) is 0 Å². The molecular weight excluding hydrogens is 202 g/mol. The van der Waals surface area contributed by atoms with E-state index in [4.69, 9.17) is 4.74 Å². The van der Waals surface area contributed by atoms with E-state index >= 15 is 0 Å². The molecule has 0 saturated heterocycles. The van der Waals surface area contributed by atoms with Gasteiger partial charge in [0, 0.05) is 25.1 Å². The Hall–Kier alpha value is -1.64. The highest BCUT2D eigenvalue weighted by Gasteiger charge is 2.14. The van der Waals surface area contributed by atoms with Gasteiger partial charge in [0.25, 0.3) is 0 Å². The van der Waals surface area contributed by atoms with Gasteiger partial charge in [-0.3, -0.25) is 9.78 Å². The third-order valence-electron chi connectivity index (χ3n) is 2.60. The van der Waals surface area contributed by atoms with E-state index in [-0.39, 0.29) is 11.9 Å². The maximum atomic E-state index is 11.2. The molecule has 1 aromatic rings. The lowest BCUT2D eigenvalue weighted by Gasteiger charge is -2.18. The molecule has 0 amide bonds. The van der Waals surface area contributed by atoms with Gasteiger partial charge in [0.1, 0.15) is 11.9 Å². The third-order valence-corrected chi connectivity index (χ3v) is 2.60. The predicted molar refractivity (Wildman–Crippen MR) is 60.7 cm³/mol. The fourth-order valence-corrected chi connectivity index (χ4v) is 1.76. The van der Waals surface area contributed by atoms with Crippen molar-refractivity contribution in [2.75, 3.05) is 0 Å². The molecule has 2 rings (SSSR count). The van der Waals surface area contributed by atoms with Crippen LogP contribution in [0.2, 0.25) is 0 Å². The van der Waals surface area contributed by atoms with E-state index in [1.165, 1.54) is 0 Å². The van der Waals surface area contributed by atoms with Crippen LogP contribution in [0.5, 0.6) is 0 Å². The zero-order chi connectivity index (χ0) is 11.4. The Bertz CT molecular complexity index is 398. The van der Waals surface area contributed by atoms with Gasteiger partial charge in [-0.2, -0.15) is 0 Å². The Balaban J connectivity index is 2.02. The van der Waals surface area contributed by atoms with Gasteiger partial charge in [0.2, 0.25) is 0 Å². The molecule has 1 heterocycles. The third kappa shape index (κ3) is 2.69. The smallest absolute Gasteiger partial charge is 0.159 e. The van der Waals surface area contributed by atoms with Crippen LogP contribution >= 0.6 is 0 Å². The number of carbonyl (C=O) groups is 1. The van der Waals surface area contributed by atoms with E-state index in [1.807, 2.05) is 25.1 Å². The van der Waals surface area contributed by atoms with Crippen LogP contribution in [-0.2, 0) is 9.53 Å². The van der Waals surface area contributed by atoms with Gasteiger partial charge in [-0.25, -0.2) is 0 Å². The first-order valence-electron chi connectivity index (χ1n) is 5.56. The Morgan fingerprint density at radius 1 is 1.38 bits per heavy atom. The summed E-state index contributed by atoms with van der Waals surface area (Å²) in [5.74, 6) is 0.948. The zero-order valence-corrected chi connectivity index (χ0v) is 9.35. The molecule has 1 aromatic heterocycles. The first-order chi connectivity index (χ1) is 7.75. The van der Waals surface area contributed by atoms with Crippen LogP contribution < -0.4 is 0 Å². The van der Waals surface area contributed by atoms with E-state index in [2.05, 4.69) is 4.98 Å². The summed E-state index contributed by atoms with van der Waals surface area (Å²) in [6.07, 6.45) is 5.64. The minimum Gasteiger partial charge on any atom is -0.489 e. The summed E-state index contributed by atoms with van der Waals surface area (Å²) >= 11 is 0. The molecule has 0 spiro atoms. The number of aromatic nitrogens is 1. The molecule has 1 atom stereocenters. The number of carbonyl (C=O) groups excluding carboxylic acids is 1. The lowest BCUT2D eigenvalue weighted by Crippen LogP contribution is -2.08. The molecule has 0 N–H and O–H groups in total. The van der Waals surface area contributed by atoms with Crippen molar-refractivity contribution in [2.45, 2.75) is 32.3 Å². The van der Waals surface area contributed by atoms with E-state index in [0.29, 0.717) is 6.42 Å². The van der Waals surface area contributed by atoms with Crippen molar-refractivity contribution < 1.29 is 9.53 Å². The molecule has 3 heteroatoms. The highest BCUT2D eigenvalue weighted by atomic mass is 16.5. The van der Waals surface area contributed by atoms with E-state index in [9.17, 15) is 4.79 Å². The van der Waals surface area contributed by atoms with Crippen LogP contribution in [0.1, 0.15) is 38.0 Å². The topological polar surface area (TPSA) is 39.2 Å². The molecule has 0 fully saturated rings. The first kappa shape index (κ1) is 10.9. The second-order valence-electron chi connectivity index (χ2n) is 3.95. The summed E-state index contributed by atoms with van der Waals surface area (Å²) in [5, 5.41) is 0. The van der Waals surface area contributed by atoms with Crippen molar-refractivity contribution in [2.24, 2.45) is 0 Å². The van der Waals surface area contributed by atoms with Gasteiger partial charge in [-0.05, 0) is 25.5 Å². The quantitative estimate of drug-likeness (QED) is 0.781. The normalized spacial score (nSPS) is 17.8. The predicted octanol–water partition coefficient (Wildman–Crippen LogP) is 2.80. The van der Waals surface area contributed by atoms with Gasteiger partial charge in [0.15, 0.2) is 5.78 Å². The molecule has 84 valence electrons. The van der Waals surface area contributed by atoms with Crippen molar-refractivity contribution in [1.29, 1.82) is 0 Å². The first-order valence-corrected chi connectivity index (χ1v) is 5.56. The molecule has 1 aliphatic rings. The minimum absolute atomic E-state index is 0.0988. The van der Waals surface area contributed by atoms with Crippen molar-refractivity contribution in [1.82, 2.24) is 4.98 Å². The van der Waals surface area contributed by atoms with E-state index in [0.717, 1.165) is 24.3 Å². The average Bonchev–Trinajstić information content (AvgIpc) is 2.30. The minimum atomic E-state index is -0.0988.